The van der Waals surface area contributed by atoms with Gasteiger partial charge < -0.3 is 9.84 Å². The molecule has 0 spiro atoms. The van der Waals surface area contributed by atoms with Crippen LogP contribution in [0.1, 0.15) is 18.4 Å². The van der Waals surface area contributed by atoms with Crippen molar-refractivity contribution in [3.05, 3.63) is 29.8 Å². The molecule has 0 saturated heterocycles. The molecule has 1 aromatic carbocycles. The summed E-state index contributed by atoms with van der Waals surface area (Å²) in [7, 11) is 1.50. The molecule has 1 saturated carbocycles. The van der Waals surface area contributed by atoms with E-state index in [0.717, 1.165) is 0 Å². The van der Waals surface area contributed by atoms with Crippen LogP contribution in [0.25, 0.3) is 0 Å². The molecule has 0 heterocycles. The molecule has 0 unspecified atom stereocenters. The maximum atomic E-state index is 13.0. The topological polar surface area (TPSA) is 29.5 Å². The van der Waals surface area contributed by atoms with Gasteiger partial charge >= 0.3 is 0 Å². The Hall–Kier alpha value is -1.16. The number of aliphatic hydroxyl groups is 1. The van der Waals surface area contributed by atoms with Crippen LogP contribution in [0, 0.1) is 0 Å². The highest BCUT2D eigenvalue weighted by atomic mass is 19.3. The van der Waals surface area contributed by atoms with Crippen molar-refractivity contribution in [3.63, 3.8) is 0 Å². The van der Waals surface area contributed by atoms with Crippen LogP contribution in [0.2, 0.25) is 0 Å². The molecule has 16 heavy (non-hydrogen) atoms. The number of benzene rings is 1. The van der Waals surface area contributed by atoms with Crippen molar-refractivity contribution in [1.82, 2.24) is 0 Å². The lowest BCUT2D eigenvalue weighted by Gasteiger charge is -2.46. The number of ether oxygens (including phenoxy) is 1. The Bertz CT molecular complexity index is 382. The van der Waals surface area contributed by atoms with Gasteiger partial charge in [0.2, 0.25) is 5.92 Å². The van der Waals surface area contributed by atoms with Gasteiger partial charge in [-0.2, -0.15) is 0 Å². The lowest BCUT2D eigenvalue weighted by atomic mass is 9.62. The van der Waals surface area contributed by atoms with Crippen LogP contribution in [0.15, 0.2) is 24.3 Å². The summed E-state index contributed by atoms with van der Waals surface area (Å²) in [6, 6.07) is 7.02. The van der Waals surface area contributed by atoms with E-state index in [4.69, 9.17) is 4.74 Å². The fraction of sp³-hybridized carbons (Fsp3) is 0.500. The predicted octanol–water partition coefficient (Wildman–Crippen LogP) is 2.35. The second kappa shape index (κ2) is 3.70. The van der Waals surface area contributed by atoms with Gasteiger partial charge in [0.1, 0.15) is 5.75 Å². The van der Waals surface area contributed by atoms with Crippen molar-refractivity contribution < 1.29 is 18.6 Å². The second-order valence-corrected chi connectivity index (χ2v) is 4.35. The maximum Gasteiger partial charge on any atom is 0.250 e. The molecular formula is C12H14F2O2. The molecule has 0 radical (unpaired) electrons. The summed E-state index contributed by atoms with van der Waals surface area (Å²) >= 11 is 0. The summed E-state index contributed by atoms with van der Waals surface area (Å²) in [5, 5.41) is 9.35. The number of aliphatic hydroxyl groups excluding tert-OH is 1. The number of halogens is 2. The Balaban J connectivity index is 2.35. The standard InChI is InChI=1S/C12H14F2O2/c1-16-10-5-3-2-4-9(10)11(8-15)6-12(13,14)7-11/h2-5,15H,6-8H2,1H3. The zero-order valence-electron chi connectivity index (χ0n) is 9.04. The maximum absolute atomic E-state index is 13.0. The molecule has 1 N–H and O–H groups in total. The van der Waals surface area contributed by atoms with Gasteiger partial charge in [0.05, 0.1) is 13.7 Å². The fourth-order valence-electron chi connectivity index (χ4n) is 2.41. The molecule has 0 amide bonds. The lowest BCUT2D eigenvalue weighted by Crippen LogP contribution is -2.51. The smallest absolute Gasteiger partial charge is 0.250 e. The first-order chi connectivity index (χ1) is 7.53. The highest BCUT2D eigenvalue weighted by Crippen LogP contribution is 2.54. The minimum absolute atomic E-state index is 0.275. The molecule has 4 heteroatoms. The van der Waals surface area contributed by atoms with Crippen LogP contribution in [0.4, 0.5) is 8.78 Å². The van der Waals surface area contributed by atoms with Crippen molar-refractivity contribution in [3.8, 4) is 5.75 Å². The average molecular weight is 228 g/mol. The minimum Gasteiger partial charge on any atom is -0.496 e. The Kier molecular flexibility index (Phi) is 2.62. The fourth-order valence-corrected chi connectivity index (χ4v) is 2.41. The average Bonchev–Trinajstić information content (AvgIpc) is 2.25. The molecule has 0 bridgehead atoms. The van der Waals surface area contributed by atoms with E-state index >= 15 is 0 Å². The van der Waals surface area contributed by atoms with Gasteiger partial charge in [0, 0.05) is 23.8 Å². The molecule has 0 atom stereocenters. The van der Waals surface area contributed by atoms with E-state index in [2.05, 4.69) is 0 Å². The van der Waals surface area contributed by atoms with E-state index in [-0.39, 0.29) is 19.4 Å². The lowest BCUT2D eigenvalue weighted by molar-refractivity contribution is -0.140. The molecule has 2 rings (SSSR count). The van der Waals surface area contributed by atoms with Crippen LogP contribution in [-0.2, 0) is 5.41 Å². The van der Waals surface area contributed by atoms with E-state index in [1.54, 1.807) is 24.3 Å². The van der Waals surface area contributed by atoms with Crippen LogP contribution < -0.4 is 4.74 Å². The number of methoxy groups -OCH3 is 1. The molecule has 1 fully saturated rings. The number of para-hydroxylation sites is 1. The second-order valence-electron chi connectivity index (χ2n) is 4.35. The highest BCUT2D eigenvalue weighted by Gasteiger charge is 2.57. The monoisotopic (exact) mass is 228 g/mol. The molecule has 1 aromatic rings. The minimum atomic E-state index is -2.66. The molecule has 1 aliphatic rings. The van der Waals surface area contributed by atoms with E-state index in [9.17, 15) is 13.9 Å². The quantitative estimate of drug-likeness (QED) is 0.860. The third-order valence-corrected chi connectivity index (χ3v) is 3.18. The Labute approximate surface area is 92.9 Å². The predicted molar refractivity (Wildman–Crippen MR) is 55.9 cm³/mol. The zero-order valence-corrected chi connectivity index (χ0v) is 9.04. The van der Waals surface area contributed by atoms with Gasteiger partial charge in [-0.3, -0.25) is 0 Å². The summed E-state index contributed by atoms with van der Waals surface area (Å²) < 4.78 is 31.1. The summed E-state index contributed by atoms with van der Waals surface area (Å²) in [5.74, 6) is -2.10. The normalized spacial score (nSPS) is 21.2. The Morgan fingerprint density at radius 2 is 1.94 bits per heavy atom. The van der Waals surface area contributed by atoms with Gasteiger partial charge in [-0.25, -0.2) is 8.78 Å². The summed E-state index contributed by atoms with van der Waals surface area (Å²) in [5.41, 5.74) is -0.165. The number of rotatable bonds is 3. The largest absolute Gasteiger partial charge is 0.496 e. The first-order valence-electron chi connectivity index (χ1n) is 5.15. The molecule has 0 aromatic heterocycles. The van der Waals surface area contributed by atoms with E-state index < -0.39 is 11.3 Å². The molecule has 0 aliphatic heterocycles. The molecular weight excluding hydrogens is 214 g/mol. The van der Waals surface area contributed by atoms with Crippen LogP contribution >= 0.6 is 0 Å². The molecule has 88 valence electrons. The van der Waals surface area contributed by atoms with Crippen LogP contribution in [-0.4, -0.2) is 24.7 Å². The number of alkyl halides is 2. The number of hydrogen-bond donors (Lipinski definition) is 1. The first kappa shape index (κ1) is 11.3. The van der Waals surface area contributed by atoms with Crippen LogP contribution in [0.5, 0.6) is 5.75 Å². The van der Waals surface area contributed by atoms with E-state index in [1.807, 2.05) is 0 Å². The molecule has 1 aliphatic carbocycles. The van der Waals surface area contributed by atoms with Gasteiger partial charge in [-0.05, 0) is 6.07 Å². The summed E-state index contributed by atoms with van der Waals surface area (Å²) in [4.78, 5) is 0. The van der Waals surface area contributed by atoms with Gasteiger partial charge in [-0.1, -0.05) is 18.2 Å². The van der Waals surface area contributed by atoms with Crippen molar-refractivity contribution in [1.29, 1.82) is 0 Å². The highest BCUT2D eigenvalue weighted by molar-refractivity contribution is 5.42. The van der Waals surface area contributed by atoms with Crippen molar-refractivity contribution in [2.24, 2.45) is 0 Å². The Morgan fingerprint density at radius 1 is 1.31 bits per heavy atom. The Morgan fingerprint density at radius 3 is 2.44 bits per heavy atom. The first-order valence-corrected chi connectivity index (χ1v) is 5.15. The van der Waals surface area contributed by atoms with Crippen molar-refractivity contribution in [2.75, 3.05) is 13.7 Å². The van der Waals surface area contributed by atoms with Crippen molar-refractivity contribution in [2.45, 2.75) is 24.2 Å². The third kappa shape index (κ3) is 1.67. The van der Waals surface area contributed by atoms with Gasteiger partial charge in [0.25, 0.3) is 0 Å². The molecule has 2 nitrogen and oxygen atoms in total. The summed E-state index contributed by atoms with van der Waals surface area (Å²) in [6.45, 7) is -0.275. The summed E-state index contributed by atoms with van der Waals surface area (Å²) in [6.07, 6.45) is -0.617. The zero-order chi connectivity index (χ0) is 11.8. The van der Waals surface area contributed by atoms with Crippen LogP contribution in [0.3, 0.4) is 0 Å². The third-order valence-electron chi connectivity index (χ3n) is 3.18. The van der Waals surface area contributed by atoms with E-state index in [1.165, 1.54) is 7.11 Å². The SMILES string of the molecule is COc1ccccc1C1(CO)CC(F)(F)C1. The van der Waals surface area contributed by atoms with Gasteiger partial charge in [0.15, 0.2) is 0 Å². The van der Waals surface area contributed by atoms with E-state index in [0.29, 0.717) is 11.3 Å². The van der Waals surface area contributed by atoms with Gasteiger partial charge in [-0.15, -0.1) is 0 Å². The van der Waals surface area contributed by atoms with Crippen molar-refractivity contribution >= 4 is 0 Å². The number of hydrogen-bond acceptors (Lipinski definition) is 2.